The Bertz CT molecular complexity index is 480. The third kappa shape index (κ3) is 1.50. The summed E-state index contributed by atoms with van der Waals surface area (Å²) >= 11 is 2.87. The minimum absolute atomic E-state index is 0.198. The van der Waals surface area contributed by atoms with Crippen LogP contribution in [0.5, 0.6) is 0 Å². The number of oxazole rings is 1. The van der Waals surface area contributed by atoms with Gasteiger partial charge in [-0.2, -0.15) is 0 Å². The van der Waals surface area contributed by atoms with E-state index in [0.29, 0.717) is 5.58 Å². The van der Waals surface area contributed by atoms with Crippen molar-refractivity contribution in [3.63, 3.8) is 0 Å². The second-order valence-corrected chi connectivity index (χ2v) is 3.49. The number of anilines is 1. The number of carbonyl (C=O) groups is 1. The fourth-order valence-electron chi connectivity index (χ4n) is 1.15. The summed E-state index contributed by atoms with van der Waals surface area (Å²) in [6, 6.07) is 5.38. The molecular weight excluding hydrogens is 248 g/mol. The van der Waals surface area contributed by atoms with E-state index in [-0.39, 0.29) is 4.82 Å². The van der Waals surface area contributed by atoms with Gasteiger partial charge < -0.3 is 9.32 Å². The zero-order chi connectivity index (χ0) is 10.1. The van der Waals surface area contributed by atoms with Gasteiger partial charge in [-0.05, 0) is 12.1 Å². The van der Waals surface area contributed by atoms with Crippen molar-refractivity contribution in [2.75, 3.05) is 11.9 Å². The third-order valence-corrected chi connectivity index (χ3v) is 2.50. The van der Waals surface area contributed by atoms with E-state index in [2.05, 4.69) is 20.9 Å². The lowest BCUT2D eigenvalue weighted by Gasteiger charge is -2.12. The molecular formula is C9H7BrN2O2. The molecule has 72 valence electrons. The van der Waals surface area contributed by atoms with Crippen molar-refractivity contribution in [3.8, 4) is 0 Å². The number of carbonyl (C=O) groups excluding carboxylic acids is 1. The standard InChI is InChI=1S/C9H7BrN2O2/c1-12(9(10)13)6-2-3-7-8(4-6)14-5-11-7/h2-5H,1H3. The molecule has 1 heterocycles. The number of benzene rings is 1. The molecule has 0 aliphatic heterocycles. The lowest BCUT2D eigenvalue weighted by molar-refractivity contribution is 0.267. The average Bonchev–Trinajstić information content (AvgIpc) is 2.62. The van der Waals surface area contributed by atoms with Crippen molar-refractivity contribution in [3.05, 3.63) is 24.6 Å². The van der Waals surface area contributed by atoms with Crippen molar-refractivity contribution in [2.45, 2.75) is 0 Å². The Hall–Kier alpha value is -1.36. The van der Waals surface area contributed by atoms with E-state index in [1.807, 2.05) is 6.07 Å². The van der Waals surface area contributed by atoms with Crippen molar-refractivity contribution >= 4 is 37.5 Å². The van der Waals surface area contributed by atoms with Gasteiger partial charge in [0.05, 0.1) is 0 Å². The summed E-state index contributed by atoms with van der Waals surface area (Å²) in [6.07, 6.45) is 1.38. The van der Waals surface area contributed by atoms with Crippen molar-refractivity contribution in [1.29, 1.82) is 0 Å². The van der Waals surface area contributed by atoms with E-state index in [1.54, 1.807) is 19.2 Å². The van der Waals surface area contributed by atoms with Crippen LogP contribution in [0.2, 0.25) is 0 Å². The number of hydrogen-bond donors (Lipinski definition) is 0. The number of amides is 1. The summed E-state index contributed by atoms with van der Waals surface area (Å²) in [5.41, 5.74) is 2.21. The molecule has 0 saturated heterocycles. The Morgan fingerprint density at radius 2 is 2.36 bits per heavy atom. The molecule has 2 aromatic rings. The lowest BCUT2D eigenvalue weighted by Crippen LogP contribution is -2.18. The summed E-state index contributed by atoms with van der Waals surface area (Å²) in [7, 11) is 1.68. The van der Waals surface area contributed by atoms with Crippen LogP contribution in [0.1, 0.15) is 0 Å². The molecule has 0 spiro atoms. The second-order valence-electron chi connectivity index (χ2n) is 2.82. The van der Waals surface area contributed by atoms with Crippen LogP contribution < -0.4 is 4.90 Å². The van der Waals surface area contributed by atoms with Gasteiger partial charge >= 0.3 is 0 Å². The van der Waals surface area contributed by atoms with Gasteiger partial charge in [0.2, 0.25) is 0 Å². The first-order valence-corrected chi connectivity index (χ1v) is 4.74. The average molecular weight is 255 g/mol. The number of rotatable bonds is 1. The molecule has 0 saturated carbocycles. The molecule has 0 atom stereocenters. The van der Waals surface area contributed by atoms with E-state index in [1.165, 1.54) is 11.3 Å². The summed E-state index contributed by atoms with van der Waals surface area (Å²) in [5, 5.41) is 0. The normalized spacial score (nSPS) is 10.4. The Labute approximate surface area is 88.6 Å². The monoisotopic (exact) mass is 254 g/mol. The second kappa shape index (κ2) is 3.42. The maximum Gasteiger partial charge on any atom is 0.293 e. The Balaban J connectivity index is 2.48. The van der Waals surface area contributed by atoms with Gasteiger partial charge in [0, 0.05) is 34.7 Å². The lowest BCUT2D eigenvalue weighted by atomic mass is 10.3. The number of halogens is 1. The van der Waals surface area contributed by atoms with E-state index in [0.717, 1.165) is 11.2 Å². The smallest absolute Gasteiger partial charge is 0.293 e. The Morgan fingerprint density at radius 1 is 1.57 bits per heavy atom. The maximum atomic E-state index is 11.0. The van der Waals surface area contributed by atoms with Gasteiger partial charge in [-0.3, -0.25) is 4.79 Å². The predicted octanol–water partition coefficient (Wildman–Crippen LogP) is 2.78. The number of fused-ring (bicyclic) bond motifs is 1. The first kappa shape index (κ1) is 9.21. The Morgan fingerprint density at radius 3 is 3.07 bits per heavy atom. The van der Waals surface area contributed by atoms with Crippen LogP contribution in [-0.4, -0.2) is 16.8 Å². The molecule has 0 bridgehead atoms. The van der Waals surface area contributed by atoms with Gasteiger partial charge in [0.1, 0.15) is 5.52 Å². The molecule has 0 aliphatic carbocycles. The molecule has 14 heavy (non-hydrogen) atoms. The first-order valence-electron chi connectivity index (χ1n) is 3.95. The highest BCUT2D eigenvalue weighted by atomic mass is 79.9. The molecule has 1 aromatic carbocycles. The highest BCUT2D eigenvalue weighted by Gasteiger charge is 2.08. The minimum Gasteiger partial charge on any atom is -0.443 e. The zero-order valence-electron chi connectivity index (χ0n) is 7.40. The van der Waals surface area contributed by atoms with Crippen molar-refractivity contribution in [1.82, 2.24) is 4.98 Å². The molecule has 0 fully saturated rings. The van der Waals surface area contributed by atoms with Crippen LogP contribution in [0.3, 0.4) is 0 Å². The predicted molar refractivity (Wildman–Crippen MR) is 56.7 cm³/mol. The minimum atomic E-state index is -0.198. The number of aromatic nitrogens is 1. The van der Waals surface area contributed by atoms with Gasteiger partial charge in [-0.1, -0.05) is 0 Å². The van der Waals surface area contributed by atoms with E-state index >= 15 is 0 Å². The van der Waals surface area contributed by atoms with Gasteiger partial charge in [0.25, 0.3) is 4.82 Å². The summed E-state index contributed by atoms with van der Waals surface area (Å²) in [5.74, 6) is 0. The number of hydrogen-bond acceptors (Lipinski definition) is 3. The molecule has 0 N–H and O–H groups in total. The number of nitrogens with zero attached hydrogens (tertiary/aromatic N) is 2. The maximum absolute atomic E-state index is 11.0. The summed E-state index contributed by atoms with van der Waals surface area (Å²) in [4.78, 5) is 16.3. The molecule has 2 rings (SSSR count). The first-order chi connectivity index (χ1) is 6.68. The summed E-state index contributed by atoms with van der Waals surface area (Å²) < 4.78 is 5.12. The van der Waals surface area contributed by atoms with Crippen molar-refractivity contribution in [2.24, 2.45) is 0 Å². The topological polar surface area (TPSA) is 46.3 Å². The van der Waals surface area contributed by atoms with E-state index < -0.39 is 0 Å². The fraction of sp³-hybridized carbons (Fsp3) is 0.111. The van der Waals surface area contributed by atoms with Crippen LogP contribution >= 0.6 is 15.9 Å². The van der Waals surface area contributed by atoms with Crippen molar-refractivity contribution < 1.29 is 9.21 Å². The van der Waals surface area contributed by atoms with E-state index in [9.17, 15) is 4.79 Å². The molecule has 0 aliphatic rings. The fourth-order valence-corrected chi connectivity index (χ4v) is 1.36. The van der Waals surface area contributed by atoms with Crippen LogP contribution in [0.4, 0.5) is 10.5 Å². The Kier molecular flexibility index (Phi) is 2.25. The highest BCUT2D eigenvalue weighted by molar-refractivity contribution is 9.18. The van der Waals surface area contributed by atoms with Gasteiger partial charge in [-0.15, -0.1) is 0 Å². The molecule has 0 unspecified atom stereocenters. The van der Waals surface area contributed by atoms with Crippen LogP contribution in [0.25, 0.3) is 11.1 Å². The van der Waals surface area contributed by atoms with E-state index in [4.69, 9.17) is 4.42 Å². The highest BCUT2D eigenvalue weighted by Crippen LogP contribution is 2.21. The SMILES string of the molecule is CN(C(=O)Br)c1ccc2ncoc2c1. The largest absolute Gasteiger partial charge is 0.443 e. The molecule has 1 amide bonds. The summed E-state index contributed by atoms with van der Waals surface area (Å²) in [6.45, 7) is 0. The van der Waals surface area contributed by atoms with Crippen LogP contribution in [-0.2, 0) is 0 Å². The molecule has 4 nitrogen and oxygen atoms in total. The molecule has 1 aromatic heterocycles. The quantitative estimate of drug-likeness (QED) is 0.581. The third-order valence-electron chi connectivity index (χ3n) is 1.97. The van der Waals surface area contributed by atoms with Crippen LogP contribution in [0.15, 0.2) is 29.0 Å². The van der Waals surface area contributed by atoms with Gasteiger partial charge in [-0.25, -0.2) is 4.98 Å². The zero-order valence-corrected chi connectivity index (χ0v) is 8.98. The molecule has 0 radical (unpaired) electrons. The van der Waals surface area contributed by atoms with Crippen LogP contribution in [0, 0.1) is 0 Å². The molecule has 5 heteroatoms. The van der Waals surface area contributed by atoms with Gasteiger partial charge in [0.15, 0.2) is 12.0 Å².